The van der Waals surface area contributed by atoms with Crippen molar-refractivity contribution in [3.05, 3.63) is 0 Å². The molecular formula is C5H12O3Si. The normalized spacial score (nSPS) is 11.1. The molecule has 0 saturated heterocycles. The van der Waals surface area contributed by atoms with Crippen molar-refractivity contribution in [3.63, 3.8) is 0 Å². The summed E-state index contributed by atoms with van der Waals surface area (Å²) in [5.41, 5.74) is 0. The van der Waals surface area contributed by atoms with E-state index < -0.39 is 14.3 Å². The number of hydrogen-bond acceptors (Lipinski definition) is 3. The maximum Gasteiger partial charge on any atom is 0.337 e. The van der Waals surface area contributed by atoms with Crippen LogP contribution in [0.4, 0.5) is 0 Å². The van der Waals surface area contributed by atoms with Gasteiger partial charge in [0.2, 0.25) is 8.32 Å². The summed E-state index contributed by atoms with van der Waals surface area (Å²) in [6.45, 7) is 7.14. The molecule has 0 spiro atoms. The van der Waals surface area contributed by atoms with E-state index in [2.05, 4.69) is 4.89 Å². The van der Waals surface area contributed by atoms with Gasteiger partial charge in [-0.25, -0.2) is 9.37 Å². The molecule has 9 heavy (non-hydrogen) atoms. The van der Waals surface area contributed by atoms with E-state index in [0.717, 1.165) is 0 Å². The molecular weight excluding hydrogens is 136 g/mol. The average Bonchev–Trinajstić information content (AvgIpc) is 1.59. The number of carbonyl (C=O) groups excluding carboxylic acids is 1. The van der Waals surface area contributed by atoms with Crippen molar-refractivity contribution in [3.8, 4) is 0 Å². The molecule has 4 heteroatoms. The number of hydrogen-bond donors (Lipinski definition) is 0. The second-order valence-electron chi connectivity index (χ2n) is 2.77. The van der Waals surface area contributed by atoms with Gasteiger partial charge < -0.3 is 4.89 Å². The molecule has 0 rings (SSSR count). The first-order chi connectivity index (χ1) is 3.92. The third-order valence-corrected chi connectivity index (χ3v) is 0.992. The van der Waals surface area contributed by atoms with E-state index in [-0.39, 0.29) is 0 Å². The fraction of sp³-hybridized carbons (Fsp3) is 0.800. The van der Waals surface area contributed by atoms with Crippen LogP contribution in [-0.2, 0) is 14.3 Å². The maximum absolute atomic E-state index is 10.2. The van der Waals surface area contributed by atoms with E-state index in [4.69, 9.17) is 4.58 Å². The molecule has 0 N–H and O–H groups in total. The highest BCUT2D eigenvalue weighted by Crippen LogP contribution is 2.02. The summed E-state index contributed by atoms with van der Waals surface area (Å²) in [5.74, 6) is -0.391. The zero-order valence-corrected chi connectivity index (χ0v) is 7.22. The average molecular weight is 148 g/mol. The molecule has 0 fully saturated rings. The van der Waals surface area contributed by atoms with Crippen LogP contribution < -0.4 is 0 Å². The first-order valence-electron chi connectivity index (χ1n) is 2.78. The van der Waals surface area contributed by atoms with Gasteiger partial charge in [-0.3, -0.25) is 0 Å². The van der Waals surface area contributed by atoms with E-state index >= 15 is 0 Å². The summed E-state index contributed by atoms with van der Waals surface area (Å²) in [7, 11) is -1.66. The Morgan fingerprint density at radius 2 is 1.78 bits per heavy atom. The Labute approximate surface area is 56.0 Å². The second-order valence-corrected chi connectivity index (χ2v) is 7.16. The van der Waals surface area contributed by atoms with Crippen LogP contribution in [0, 0.1) is 0 Å². The van der Waals surface area contributed by atoms with Gasteiger partial charge in [-0.15, -0.1) is 0 Å². The highest BCUT2D eigenvalue weighted by atomic mass is 28.4. The van der Waals surface area contributed by atoms with Gasteiger partial charge in [0.05, 0.1) is 0 Å². The molecule has 0 bridgehead atoms. The van der Waals surface area contributed by atoms with Crippen LogP contribution in [-0.4, -0.2) is 14.3 Å². The summed E-state index contributed by atoms with van der Waals surface area (Å²) in [6, 6.07) is 0. The van der Waals surface area contributed by atoms with Crippen LogP contribution in [0.15, 0.2) is 0 Å². The molecule has 0 atom stereocenters. The van der Waals surface area contributed by atoms with Gasteiger partial charge in [-0.1, -0.05) is 0 Å². The third kappa shape index (κ3) is 7.65. The molecule has 0 unspecified atom stereocenters. The van der Waals surface area contributed by atoms with Crippen molar-refractivity contribution in [1.29, 1.82) is 0 Å². The lowest BCUT2D eigenvalue weighted by Gasteiger charge is -2.12. The number of carbonyl (C=O) groups is 1. The fourth-order valence-electron chi connectivity index (χ4n) is 0.184. The Balaban J connectivity index is 3.39. The van der Waals surface area contributed by atoms with Crippen LogP contribution in [0.5, 0.6) is 0 Å². The van der Waals surface area contributed by atoms with Crippen molar-refractivity contribution >= 4 is 14.3 Å². The summed E-state index contributed by atoms with van der Waals surface area (Å²) in [5, 5.41) is 0. The van der Waals surface area contributed by atoms with Crippen LogP contribution >= 0.6 is 0 Å². The molecule has 0 aliphatic rings. The zero-order chi connectivity index (χ0) is 7.49. The molecule has 0 aromatic rings. The Morgan fingerprint density at radius 1 is 1.33 bits per heavy atom. The third-order valence-electron chi connectivity index (χ3n) is 0.409. The van der Waals surface area contributed by atoms with Gasteiger partial charge in [0, 0.05) is 6.92 Å². The standard InChI is InChI=1S/C5H12O3Si/c1-5(6)7-8-9(2,3)4/h1-4H3. The highest BCUT2D eigenvalue weighted by molar-refractivity contribution is 6.69. The molecule has 0 aromatic heterocycles. The highest BCUT2D eigenvalue weighted by Gasteiger charge is 2.17. The number of rotatable bonds is 2. The molecule has 0 radical (unpaired) electrons. The van der Waals surface area contributed by atoms with Gasteiger partial charge in [0.1, 0.15) is 0 Å². The fourth-order valence-corrected chi connectivity index (χ4v) is 0.551. The molecule has 3 nitrogen and oxygen atoms in total. The lowest BCUT2D eigenvalue weighted by atomic mass is 10.9. The minimum Gasteiger partial charge on any atom is -0.310 e. The largest absolute Gasteiger partial charge is 0.337 e. The minimum absolute atomic E-state index is 0.391. The minimum atomic E-state index is -1.66. The van der Waals surface area contributed by atoms with Crippen LogP contribution in [0.25, 0.3) is 0 Å². The molecule has 0 amide bonds. The van der Waals surface area contributed by atoms with Gasteiger partial charge in [0.25, 0.3) is 0 Å². The van der Waals surface area contributed by atoms with Gasteiger partial charge in [-0.05, 0) is 19.6 Å². The quantitative estimate of drug-likeness (QED) is 0.336. The van der Waals surface area contributed by atoms with E-state index in [1.165, 1.54) is 6.92 Å². The predicted molar refractivity (Wildman–Crippen MR) is 36.2 cm³/mol. The molecule has 0 aliphatic heterocycles. The predicted octanol–water partition coefficient (Wildman–Crippen LogP) is 1.32. The van der Waals surface area contributed by atoms with E-state index in [9.17, 15) is 4.79 Å². The summed E-state index contributed by atoms with van der Waals surface area (Å²) < 4.78 is 4.78. The topological polar surface area (TPSA) is 35.5 Å². The van der Waals surface area contributed by atoms with E-state index in [1.54, 1.807) is 0 Å². The Bertz CT molecular complexity index is 105. The molecule has 0 aliphatic carbocycles. The van der Waals surface area contributed by atoms with Crippen molar-refractivity contribution in [2.45, 2.75) is 26.6 Å². The van der Waals surface area contributed by atoms with Gasteiger partial charge >= 0.3 is 5.97 Å². The lowest BCUT2D eigenvalue weighted by Crippen LogP contribution is -2.26. The zero-order valence-electron chi connectivity index (χ0n) is 6.22. The monoisotopic (exact) mass is 148 g/mol. The van der Waals surface area contributed by atoms with Gasteiger partial charge in [-0.2, -0.15) is 0 Å². The molecule has 0 heterocycles. The Hall–Kier alpha value is -0.353. The van der Waals surface area contributed by atoms with E-state index in [0.29, 0.717) is 0 Å². The van der Waals surface area contributed by atoms with Gasteiger partial charge in [0.15, 0.2) is 0 Å². The van der Waals surface area contributed by atoms with Crippen LogP contribution in [0.2, 0.25) is 19.6 Å². The van der Waals surface area contributed by atoms with Crippen molar-refractivity contribution in [2.75, 3.05) is 0 Å². The van der Waals surface area contributed by atoms with Crippen LogP contribution in [0.3, 0.4) is 0 Å². The van der Waals surface area contributed by atoms with Crippen molar-refractivity contribution in [1.82, 2.24) is 0 Å². The molecule has 54 valence electrons. The summed E-state index contributed by atoms with van der Waals surface area (Å²) in [6.07, 6.45) is 0. The molecule has 0 aromatic carbocycles. The first-order valence-corrected chi connectivity index (χ1v) is 6.19. The molecule has 0 saturated carbocycles. The lowest BCUT2D eigenvalue weighted by molar-refractivity contribution is -0.216. The second kappa shape index (κ2) is 2.98. The smallest absolute Gasteiger partial charge is 0.310 e. The van der Waals surface area contributed by atoms with Crippen molar-refractivity contribution < 1.29 is 14.3 Å². The first kappa shape index (κ1) is 8.65. The summed E-state index contributed by atoms with van der Waals surface area (Å²) >= 11 is 0. The maximum atomic E-state index is 10.2. The van der Waals surface area contributed by atoms with Crippen molar-refractivity contribution in [2.24, 2.45) is 0 Å². The SMILES string of the molecule is CC(=O)OO[Si](C)(C)C. The van der Waals surface area contributed by atoms with E-state index in [1.807, 2.05) is 19.6 Å². The van der Waals surface area contributed by atoms with Crippen LogP contribution in [0.1, 0.15) is 6.92 Å². The summed E-state index contributed by atoms with van der Waals surface area (Å²) in [4.78, 5) is 14.5. The Morgan fingerprint density at radius 3 is 1.89 bits per heavy atom. The Kier molecular flexibility index (Phi) is 2.86.